The summed E-state index contributed by atoms with van der Waals surface area (Å²) in [5, 5.41) is 0. The number of ether oxygens (including phenoxy) is 2. The van der Waals surface area contributed by atoms with Gasteiger partial charge in [0.2, 0.25) is 0 Å². The number of rotatable bonds is 0. The van der Waals surface area contributed by atoms with Crippen molar-refractivity contribution in [2.75, 3.05) is 20.0 Å². The van der Waals surface area contributed by atoms with Crippen LogP contribution in [0.2, 0.25) is 0 Å². The molecule has 1 aliphatic heterocycles. The van der Waals surface area contributed by atoms with E-state index >= 15 is 0 Å². The first kappa shape index (κ1) is 5.79. The van der Waals surface area contributed by atoms with E-state index in [1.807, 2.05) is 6.08 Å². The summed E-state index contributed by atoms with van der Waals surface area (Å²) in [6, 6.07) is 0. The average molecular weight is 114 g/mol. The predicted molar refractivity (Wildman–Crippen MR) is 30.5 cm³/mol. The van der Waals surface area contributed by atoms with E-state index in [9.17, 15) is 0 Å². The molecule has 0 fully saturated rings. The van der Waals surface area contributed by atoms with Crippen LogP contribution in [0.5, 0.6) is 0 Å². The minimum atomic E-state index is 0.449. The Balaban J connectivity index is 2.17. The maximum absolute atomic E-state index is 5.00. The van der Waals surface area contributed by atoms with Crippen molar-refractivity contribution in [3.05, 3.63) is 12.2 Å². The molecule has 2 nitrogen and oxygen atoms in total. The van der Waals surface area contributed by atoms with Gasteiger partial charge in [0.05, 0.1) is 13.2 Å². The topological polar surface area (TPSA) is 18.5 Å². The Morgan fingerprint density at radius 1 is 1.12 bits per heavy atom. The first-order valence-corrected chi connectivity index (χ1v) is 2.80. The van der Waals surface area contributed by atoms with Crippen molar-refractivity contribution >= 4 is 0 Å². The van der Waals surface area contributed by atoms with Gasteiger partial charge in [-0.1, -0.05) is 12.2 Å². The Labute approximate surface area is 49.1 Å². The molecule has 0 amide bonds. The standard InChI is InChI=1S/C6H10O2/c1-2-4-7-6-8-5-3-1/h1-2H,3-6H2. The lowest BCUT2D eigenvalue weighted by Gasteiger charge is -2.04. The maximum atomic E-state index is 5.00. The zero-order valence-electron chi connectivity index (χ0n) is 4.80. The van der Waals surface area contributed by atoms with E-state index in [-0.39, 0.29) is 0 Å². The monoisotopic (exact) mass is 114 g/mol. The molecule has 0 atom stereocenters. The van der Waals surface area contributed by atoms with Crippen LogP contribution in [0.4, 0.5) is 0 Å². The zero-order chi connectivity index (χ0) is 5.66. The van der Waals surface area contributed by atoms with Gasteiger partial charge in [0.1, 0.15) is 6.79 Å². The van der Waals surface area contributed by atoms with E-state index in [0.717, 1.165) is 13.0 Å². The highest BCUT2D eigenvalue weighted by Crippen LogP contribution is 1.90. The van der Waals surface area contributed by atoms with Crippen molar-refractivity contribution in [1.82, 2.24) is 0 Å². The third-order valence-electron chi connectivity index (χ3n) is 0.976. The van der Waals surface area contributed by atoms with Crippen LogP contribution in [-0.4, -0.2) is 20.0 Å². The minimum Gasteiger partial charge on any atom is -0.355 e. The lowest BCUT2D eigenvalue weighted by atomic mass is 10.4. The zero-order valence-corrected chi connectivity index (χ0v) is 4.80. The second-order valence-corrected chi connectivity index (χ2v) is 1.66. The normalized spacial score (nSPS) is 22.0. The second kappa shape index (κ2) is 3.64. The van der Waals surface area contributed by atoms with E-state index < -0.39 is 0 Å². The van der Waals surface area contributed by atoms with Crippen LogP contribution >= 0.6 is 0 Å². The molecule has 46 valence electrons. The Morgan fingerprint density at radius 2 is 2.12 bits per heavy atom. The minimum absolute atomic E-state index is 0.449. The highest BCUT2D eigenvalue weighted by atomic mass is 16.7. The molecule has 0 aromatic rings. The third kappa shape index (κ3) is 2.09. The van der Waals surface area contributed by atoms with Crippen LogP contribution < -0.4 is 0 Å². The van der Waals surface area contributed by atoms with E-state index in [1.54, 1.807) is 0 Å². The van der Waals surface area contributed by atoms with Gasteiger partial charge in [-0.2, -0.15) is 0 Å². The largest absolute Gasteiger partial charge is 0.355 e. The molecule has 0 aromatic carbocycles. The fraction of sp³-hybridized carbons (Fsp3) is 0.667. The van der Waals surface area contributed by atoms with Gasteiger partial charge in [-0.25, -0.2) is 0 Å². The van der Waals surface area contributed by atoms with E-state index in [1.165, 1.54) is 0 Å². The van der Waals surface area contributed by atoms with Crippen molar-refractivity contribution in [1.29, 1.82) is 0 Å². The highest BCUT2D eigenvalue weighted by molar-refractivity contribution is 4.81. The van der Waals surface area contributed by atoms with Gasteiger partial charge >= 0.3 is 0 Å². The maximum Gasteiger partial charge on any atom is 0.147 e. The Bertz CT molecular complexity index is 68.6. The Hall–Kier alpha value is -0.340. The second-order valence-electron chi connectivity index (χ2n) is 1.66. The van der Waals surface area contributed by atoms with Crippen LogP contribution in [0, 0.1) is 0 Å². The molecule has 1 heterocycles. The van der Waals surface area contributed by atoms with E-state index in [2.05, 4.69) is 6.08 Å². The lowest BCUT2D eigenvalue weighted by molar-refractivity contribution is -0.0452. The number of hydrogen-bond acceptors (Lipinski definition) is 2. The molecule has 0 unspecified atom stereocenters. The highest BCUT2D eigenvalue weighted by Gasteiger charge is 1.88. The molecule has 2 heteroatoms. The molecular weight excluding hydrogens is 104 g/mol. The van der Waals surface area contributed by atoms with Crippen LogP contribution in [0.15, 0.2) is 12.2 Å². The molecule has 0 spiro atoms. The molecule has 8 heavy (non-hydrogen) atoms. The van der Waals surface area contributed by atoms with Gasteiger partial charge < -0.3 is 9.47 Å². The number of hydrogen-bond donors (Lipinski definition) is 0. The summed E-state index contributed by atoms with van der Waals surface area (Å²) in [7, 11) is 0. The molecule has 0 aliphatic carbocycles. The smallest absolute Gasteiger partial charge is 0.147 e. The molecule has 0 radical (unpaired) electrons. The third-order valence-corrected chi connectivity index (χ3v) is 0.976. The Kier molecular flexibility index (Phi) is 2.63. The quantitative estimate of drug-likeness (QED) is 0.436. The van der Waals surface area contributed by atoms with Crippen molar-refractivity contribution in [3.8, 4) is 0 Å². The summed E-state index contributed by atoms with van der Waals surface area (Å²) in [5.41, 5.74) is 0. The predicted octanol–water partition coefficient (Wildman–Crippen LogP) is 0.937. The van der Waals surface area contributed by atoms with Crippen LogP contribution in [0.25, 0.3) is 0 Å². The fourth-order valence-electron chi connectivity index (χ4n) is 0.571. The average Bonchev–Trinajstić information content (AvgIpc) is 1.62. The summed E-state index contributed by atoms with van der Waals surface area (Å²) in [5.74, 6) is 0. The van der Waals surface area contributed by atoms with Gasteiger partial charge in [-0.3, -0.25) is 0 Å². The first-order valence-electron chi connectivity index (χ1n) is 2.80. The van der Waals surface area contributed by atoms with Crippen LogP contribution in [0.3, 0.4) is 0 Å². The van der Waals surface area contributed by atoms with Crippen LogP contribution in [0.1, 0.15) is 6.42 Å². The summed E-state index contributed by atoms with van der Waals surface area (Å²) in [6.07, 6.45) is 5.10. The first-order chi connectivity index (χ1) is 4.00. The van der Waals surface area contributed by atoms with Crippen molar-refractivity contribution in [2.45, 2.75) is 6.42 Å². The van der Waals surface area contributed by atoms with Crippen molar-refractivity contribution in [3.63, 3.8) is 0 Å². The summed E-state index contributed by atoms with van der Waals surface area (Å²) in [6.45, 7) is 1.93. The van der Waals surface area contributed by atoms with Crippen molar-refractivity contribution in [2.24, 2.45) is 0 Å². The molecular formula is C6H10O2. The summed E-state index contributed by atoms with van der Waals surface area (Å²) in [4.78, 5) is 0. The van der Waals surface area contributed by atoms with E-state index in [4.69, 9.17) is 9.47 Å². The van der Waals surface area contributed by atoms with Gasteiger partial charge in [0.25, 0.3) is 0 Å². The van der Waals surface area contributed by atoms with Gasteiger partial charge in [-0.15, -0.1) is 0 Å². The molecule has 0 bridgehead atoms. The molecule has 0 N–H and O–H groups in total. The lowest BCUT2D eigenvalue weighted by Crippen LogP contribution is -2.03. The molecule has 0 aromatic heterocycles. The van der Waals surface area contributed by atoms with Gasteiger partial charge in [-0.05, 0) is 6.42 Å². The Morgan fingerprint density at radius 3 is 3.12 bits per heavy atom. The molecule has 1 rings (SSSR count). The molecule has 1 aliphatic rings. The van der Waals surface area contributed by atoms with E-state index in [0.29, 0.717) is 13.4 Å². The van der Waals surface area contributed by atoms with Gasteiger partial charge in [0, 0.05) is 0 Å². The van der Waals surface area contributed by atoms with Crippen molar-refractivity contribution < 1.29 is 9.47 Å². The van der Waals surface area contributed by atoms with Gasteiger partial charge in [0.15, 0.2) is 0 Å². The molecule has 0 saturated heterocycles. The van der Waals surface area contributed by atoms with Crippen LogP contribution in [-0.2, 0) is 9.47 Å². The fourth-order valence-corrected chi connectivity index (χ4v) is 0.571. The summed E-state index contributed by atoms with van der Waals surface area (Å²) >= 11 is 0. The molecule has 0 saturated carbocycles. The SMILES string of the molecule is C1=CCOCOCC1. The summed E-state index contributed by atoms with van der Waals surface area (Å²) < 4.78 is 9.97.